The van der Waals surface area contributed by atoms with Crippen molar-refractivity contribution in [2.24, 2.45) is 0 Å². The van der Waals surface area contributed by atoms with Gasteiger partial charge in [-0.1, -0.05) is 6.08 Å². The van der Waals surface area contributed by atoms with Gasteiger partial charge in [-0.3, -0.25) is 14.6 Å². The summed E-state index contributed by atoms with van der Waals surface area (Å²) in [4.78, 5) is 27.7. The maximum Gasteiger partial charge on any atom is 0.325 e. The number of nitrogens with one attached hydrogen (secondary N) is 1. The van der Waals surface area contributed by atoms with E-state index in [1.54, 1.807) is 0 Å². The standard InChI is InChI=1S/C13H21N3O3/c1-2-6-15-8-4-13(5-9-15)11(18)16(7-3-10-17)12(19)14-13/h2,17H,1,3-10H2,(H,14,19). The van der Waals surface area contributed by atoms with E-state index in [0.717, 1.165) is 19.6 Å². The molecule has 2 N–H and O–H groups in total. The van der Waals surface area contributed by atoms with E-state index in [2.05, 4.69) is 16.8 Å². The molecule has 1 spiro atoms. The van der Waals surface area contributed by atoms with Gasteiger partial charge in [0.05, 0.1) is 0 Å². The fraction of sp³-hybridized carbons (Fsp3) is 0.692. The van der Waals surface area contributed by atoms with Gasteiger partial charge in [0, 0.05) is 32.8 Å². The summed E-state index contributed by atoms with van der Waals surface area (Å²) in [7, 11) is 0. The number of carbonyl (C=O) groups excluding carboxylic acids is 2. The van der Waals surface area contributed by atoms with Crippen molar-refractivity contribution in [3.63, 3.8) is 0 Å². The van der Waals surface area contributed by atoms with Crippen LogP contribution < -0.4 is 5.32 Å². The first-order chi connectivity index (χ1) is 9.13. The van der Waals surface area contributed by atoms with Crippen molar-refractivity contribution in [1.82, 2.24) is 15.1 Å². The summed E-state index contributed by atoms with van der Waals surface area (Å²) in [6.45, 7) is 6.36. The maximum atomic E-state index is 12.4. The molecule has 0 unspecified atom stereocenters. The van der Waals surface area contributed by atoms with Crippen molar-refractivity contribution in [2.45, 2.75) is 24.8 Å². The SMILES string of the molecule is C=CCN1CCC2(CC1)NC(=O)N(CCCO)C2=O. The molecule has 106 valence electrons. The van der Waals surface area contributed by atoms with Crippen LogP contribution in [0.4, 0.5) is 4.79 Å². The first kappa shape index (κ1) is 14.0. The molecule has 0 saturated carbocycles. The molecule has 0 aromatic rings. The number of urea groups is 1. The molecule has 0 bridgehead atoms. The van der Waals surface area contributed by atoms with Gasteiger partial charge in [-0.15, -0.1) is 6.58 Å². The smallest absolute Gasteiger partial charge is 0.325 e. The van der Waals surface area contributed by atoms with Crippen molar-refractivity contribution < 1.29 is 14.7 Å². The van der Waals surface area contributed by atoms with Gasteiger partial charge in [0.15, 0.2) is 0 Å². The molecule has 3 amide bonds. The van der Waals surface area contributed by atoms with Gasteiger partial charge in [0.1, 0.15) is 5.54 Å². The second kappa shape index (κ2) is 5.71. The van der Waals surface area contributed by atoms with Crippen LogP contribution in [0.15, 0.2) is 12.7 Å². The summed E-state index contributed by atoms with van der Waals surface area (Å²) >= 11 is 0. The second-order valence-corrected chi connectivity index (χ2v) is 5.14. The number of hydrogen-bond donors (Lipinski definition) is 2. The summed E-state index contributed by atoms with van der Waals surface area (Å²) in [6.07, 6.45) is 3.56. The van der Waals surface area contributed by atoms with E-state index in [0.29, 0.717) is 25.8 Å². The molecular weight excluding hydrogens is 246 g/mol. The van der Waals surface area contributed by atoms with Gasteiger partial charge in [-0.2, -0.15) is 0 Å². The Kier molecular flexibility index (Phi) is 4.21. The van der Waals surface area contributed by atoms with Crippen LogP contribution in [0.2, 0.25) is 0 Å². The van der Waals surface area contributed by atoms with Gasteiger partial charge >= 0.3 is 6.03 Å². The van der Waals surface area contributed by atoms with Crippen molar-refractivity contribution in [3.05, 3.63) is 12.7 Å². The van der Waals surface area contributed by atoms with E-state index in [1.165, 1.54) is 4.90 Å². The number of hydrogen-bond acceptors (Lipinski definition) is 4. The van der Waals surface area contributed by atoms with E-state index in [1.807, 2.05) is 6.08 Å². The van der Waals surface area contributed by atoms with Crippen LogP contribution in [0.5, 0.6) is 0 Å². The molecule has 6 heteroatoms. The minimum Gasteiger partial charge on any atom is -0.396 e. The van der Waals surface area contributed by atoms with Crippen LogP contribution in [-0.4, -0.2) is 65.2 Å². The van der Waals surface area contributed by atoms with Crippen molar-refractivity contribution in [1.29, 1.82) is 0 Å². The molecule has 19 heavy (non-hydrogen) atoms. The Bertz CT molecular complexity index is 375. The summed E-state index contributed by atoms with van der Waals surface area (Å²) in [5, 5.41) is 11.7. The lowest BCUT2D eigenvalue weighted by atomic mass is 9.87. The predicted molar refractivity (Wildman–Crippen MR) is 70.5 cm³/mol. The van der Waals surface area contributed by atoms with E-state index >= 15 is 0 Å². The number of aliphatic hydroxyl groups is 1. The number of likely N-dealkylation sites (tertiary alicyclic amines) is 1. The van der Waals surface area contributed by atoms with Crippen molar-refractivity contribution >= 4 is 11.9 Å². The quantitative estimate of drug-likeness (QED) is 0.541. The Hall–Kier alpha value is -1.40. The summed E-state index contributed by atoms with van der Waals surface area (Å²) in [5.74, 6) is -0.135. The molecule has 2 rings (SSSR count). The van der Waals surface area contributed by atoms with Gasteiger partial charge < -0.3 is 10.4 Å². The summed E-state index contributed by atoms with van der Waals surface area (Å²) in [6, 6.07) is -0.323. The molecule has 2 saturated heterocycles. The van der Waals surface area contributed by atoms with E-state index in [9.17, 15) is 9.59 Å². The highest BCUT2D eigenvalue weighted by molar-refractivity contribution is 6.07. The van der Waals surface area contributed by atoms with E-state index in [-0.39, 0.29) is 18.5 Å². The molecule has 0 aromatic carbocycles. The number of amides is 3. The average molecular weight is 267 g/mol. The largest absolute Gasteiger partial charge is 0.396 e. The number of rotatable bonds is 5. The first-order valence-electron chi connectivity index (χ1n) is 6.71. The number of carbonyl (C=O) groups is 2. The lowest BCUT2D eigenvalue weighted by Crippen LogP contribution is -2.54. The molecule has 0 aromatic heterocycles. The highest BCUT2D eigenvalue weighted by Gasteiger charge is 2.51. The average Bonchev–Trinajstić information content (AvgIpc) is 2.63. The Morgan fingerprint density at radius 3 is 2.63 bits per heavy atom. The normalized spacial score (nSPS) is 22.9. The predicted octanol–water partition coefficient (Wildman–Crippen LogP) is -0.0588. The highest BCUT2D eigenvalue weighted by Crippen LogP contribution is 2.29. The molecule has 0 atom stereocenters. The second-order valence-electron chi connectivity index (χ2n) is 5.14. The zero-order valence-corrected chi connectivity index (χ0v) is 11.1. The molecular formula is C13H21N3O3. The fourth-order valence-corrected chi connectivity index (χ4v) is 2.75. The molecule has 2 aliphatic heterocycles. The first-order valence-corrected chi connectivity index (χ1v) is 6.71. The number of nitrogens with zero attached hydrogens (tertiary/aromatic N) is 2. The zero-order valence-electron chi connectivity index (χ0n) is 11.1. The lowest BCUT2D eigenvalue weighted by Gasteiger charge is -2.36. The van der Waals surface area contributed by atoms with Crippen LogP contribution in [0.1, 0.15) is 19.3 Å². The van der Waals surface area contributed by atoms with Crippen LogP contribution in [0.25, 0.3) is 0 Å². The Morgan fingerprint density at radius 1 is 1.37 bits per heavy atom. The zero-order chi connectivity index (χ0) is 13.9. The van der Waals surface area contributed by atoms with Crippen LogP contribution in [0, 0.1) is 0 Å². The minimum atomic E-state index is -0.718. The summed E-state index contributed by atoms with van der Waals surface area (Å²) in [5.41, 5.74) is -0.718. The van der Waals surface area contributed by atoms with Crippen molar-refractivity contribution in [3.8, 4) is 0 Å². The third kappa shape index (κ3) is 2.64. The van der Waals surface area contributed by atoms with Crippen LogP contribution in [-0.2, 0) is 4.79 Å². The molecule has 6 nitrogen and oxygen atoms in total. The van der Waals surface area contributed by atoms with Crippen LogP contribution >= 0.6 is 0 Å². The van der Waals surface area contributed by atoms with Crippen molar-refractivity contribution in [2.75, 3.05) is 32.8 Å². The number of piperidine rings is 1. The number of aliphatic hydroxyl groups excluding tert-OH is 1. The Balaban J connectivity index is 2.00. The summed E-state index contributed by atoms with van der Waals surface area (Å²) < 4.78 is 0. The third-order valence-electron chi connectivity index (χ3n) is 3.88. The minimum absolute atomic E-state index is 0.0167. The fourth-order valence-electron chi connectivity index (χ4n) is 2.75. The third-order valence-corrected chi connectivity index (χ3v) is 3.88. The Labute approximate surface area is 113 Å². The van der Waals surface area contributed by atoms with Gasteiger partial charge in [-0.05, 0) is 19.3 Å². The van der Waals surface area contributed by atoms with Gasteiger partial charge in [0.25, 0.3) is 5.91 Å². The molecule has 2 fully saturated rings. The topological polar surface area (TPSA) is 72.9 Å². The van der Waals surface area contributed by atoms with E-state index in [4.69, 9.17) is 5.11 Å². The molecule has 0 aliphatic carbocycles. The molecule has 2 heterocycles. The number of imide groups is 1. The van der Waals surface area contributed by atoms with Gasteiger partial charge in [-0.25, -0.2) is 4.79 Å². The van der Waals surface area contributed by atoms with E-state index < -0.39 is 5.54 Å². The maximum absolute atomic E-state index is 12.4. The highest BCUT2D eigenvalue weighted by atomic mass is 16.3. The monoisotopic (exact) mass is 267 g/mol. The Morgan fingerprint density at radius 2 is 2.05 bits per heavy atom. The molecule has 2 aliphatic rings. The van der Waals surface area contributed by atoms with Gasteiger partial charge in [0.2, 0.25) is 0 Å². The lowest BCUT2D eigenvalue weighted by molar-refractivity contribution is -0.133. The van der Waals surface area contributed by atoms with Crippen LogP contribution in [0.3, 0.4) is 0 Å². The molecule has 0 radical (unpaired) electrons.